The van der Waals surface area contributed by atoms with Gasteiger partial charge in [0.25, 0.3) is 5.91 Å². The number of halogens is 1. The molecule has 2 rings (SSSR count). The molecule has 5 nitrogen and oxygen atoms in total. The van der Waals surface area contributed by atoms with Crippen LogP contribution in [0.1, 0.15) is 22.8 Å². The molecule has 0 saturated heterocycles. The summed E-state index contributed by atoms with van der Waals surface area (Å²) in [5, 5.41) is 14.2. The average Bonchev–Trinajstić information content (AvgIpc) is 2.50. The van der Waals surface area contributed by atoms with Gasteiger partial charge in [0, 0.05) is 22.2 Å². The number of nitrogens with one attached hydrogen (secondary N) is 1. The summed E-state index contributed by atoms with van der Waals surface area (Å²) in [6, 6.07) is 11.3. The molecule has 22 heavy (non-hydrogen) atoms. The van der Waals surface area contributed by atoms with Gasteiger partial charge in [0.15, 0.2) is 0 Å². The highest BCUT2D eigenvalue weighted by molar-refractivity contribution is 6.30. The Labute approximate surface area is 133 Å². The first-order chi connectivity index (χ1) is 10.6. The number of hydrazone groups is 1. The molecule has 0 heterocycles. The Morgan fingerprint density at radius 2 is 2.05 bits per heavy atom. The van der Waals surface area contributed by atoms with Gasteiger partial charge in [-0.2, -0.15) is 5.10 Å². The fraction of sp³-hybridized carbons (Fsp3) is 0.125. The Balaban J connectivity index is 2.00. The minimum atomic E-state index is -0.363. The molecule has 0 aliphatic rings. The quantitative estimate of drug-likeness (QED) is 0.657. The van der Waals surface area contributed by atoms with E-state index < -0.39 is 0 Å². The summed E-state index contributed by atoms with van der Waals surface area (Å²) in [7, 11) is 0. The molecule has 0 atom stereocenters. The van der Waals surface area contributed by atoms with Crippen LogP contribution in [-0.2, 0) is 0 Å². The summed E-state index contributed by atoms with van der Waals surface area (Å²) >= 11 is 5.75. The van der Waals surface area contributed by atoms with Crippen molar-refractivity contribution >= 4 is 23.7 Å². The first kappa shape index (κ1) is 15.9. The van der Waals surface area contributed by atoms with E-state index >= 15 is 0 Å². The maximum absolute atomic E-state index is 11.8. The number of phenolic OH excluding ortho intramolecular Hbond substituents is 1. The van der Waals surface area contributed by atoms with E-state index in [9.17, 15) is 9.90 Å². The third kappa shape index (κ3) is 4.23. The second kappa shape index (κ2) is 7.47. The lowest BCUT2D eigenvalue weighted by Crippen LogP contribution is -2.17. The number of carbonyl (C=O) groups excluding carboxylic acids is 1. The van der Waals surface area contributed by atoms with Crippen LogP contribution in [0.25, 0.3) is 0 Å². The summed E-state index contributed by atoms with van der Waals surface area (Å²) in [6.07, 6.45) is 1.36. The summed E-state index contributed by atoms with van der Waals surface area (Å²) in [5.41, 5.74) is 3.29. The monoisotopic (exact) mass is 318 g/mol. The van der Waals surface area contributed by atoms with Crippen LogP contribution in [0.4, 0.5) is 0 Å². The third-order valence-electron chi connectivity index (χ3n) is 2.79. The number of ether oxygens (including phenoxy) is 1. The second-order valence-corrected chi connectivity index (χ2v) is 4.80. The number of aromatic hydroxyl groups is 1. The Morgan fingerprint density at radius 3 is 2.68 bits per heavy atom. The van der Waals surface area contributed by atoms with Crippen LogP contribution < -0.4 is 10.2 Å². The predicted octanol–water partition coefficient (Wildman–Crippen LogP) is 3.21. The third-order valence-corrected chi connectivity index (χ3v) is 3.04. The van der Waals surface area contributed by atoms with Gasteiger partial charge in [-0.15, -0.1) is 0 Å². The minimum Gasteiger partial charge on any atom is -0.507 e. The maximum atomic E-state index is 11.8. The Bertz CT molecular complexity index is 684. The molecule has 0 radical (unpaired) electrons. The topological polar surface area (TPSA) is 70.9 Å². The van der Waals surface area contributed by atoms with E-state index in [4.69, 9.17) is 16.3 Å². The zero-order chi connectivity index (χ0) is 15.9. The molecule has 0 aliphatic heterocycles. The smallest absolute Gasteiger partial charge is 0.271 e. The van der Waals surface area contributed by atoms with Crippen LogP contribution >= 0.6 is 11.6 Å². The molecular formula is C16H15ClN2O3. The van der Waals surface area contributed by atoms with Gasteiger partial charge in [-0.25, -0.2) is 5.43 Å². The number of phenols is 1. The van der Waals surface area contributed by atoms with Crippen molar-refractivity contribution in [1.82, 2.24) is 5.43 Å². The first-order valence-corrected chi connectivity index (χ1v) is 7.02. The zero-order valence-corrected chi connectivity index (χ0v) is 12.7. The van der Waals surface area contributed by atoms with Gasteiger partial charge in [-0.3, -0.25) is 4.79 Å². The molecule has 0 fully saturated rings. The van der Waals surface area contributed by atoms with Crippen LogP contribution in [-0.4, -0.2) is 23.8 Å². The molecule has 1 amide bonds. The molecule has 0 aliphatic carbocycles. The molecule has 0 bridgehead atoms. The number of amides is 1. The molecule has 2 aromatic rings. The SMILES string of the molecule is CCOc1ccc(/C=N\NC(=O)c2ccc(Cl)cc2)c(O)c1. The van der Waals surface area contributed by atoms with Gasteiger partial charge in [0.05, 0.1) is 12.8 Å². The lowest BCUT2D eigenvalue weighted by molar-refractivity contribution is 0.0955. The molecule has 114 valence electrons. The maximum Gasteiger partial charge on any atom is 0.271 e. The number of benzene rings is 2. The number of hydrogen-bond donors (Lipinski definition) is 2. The molecule has 0 aromatic heterocycles. The van der Waals surface area contributed by atoms with Gasteiger partial charge in [-0.05, 0) is 43.3 Å². The van der Waals surface area contributed by atoms with E-state index in [2.05, 4.69) is 10.5 Å². The molecule has 0 saturated carbocycles. The van der Waals surface area contributed by atoms with Crippen molar-refractivity contribution in [3.8, 4) is 11.5 Å². The van der Waals surface area contributed by atoms with E-state index in [1.165, 1.54) is 12.3 Å². The van der Waals surface area contributed by atoms with E-state index in [1.807, 2.05) is 6.92 Å². The highest BCUT2D eigenvalue weighted by Gasteiger charge is 2.04. The molecule has 2 N–H and O–H groups in total. The van der Waals surface area contributed by atoms with Crippen molar-refractivity contribution in [2.24, 2.45) is 5.10 Å². The Kier molecular flexibility index (Phi) is 5.38. The standard InChI is InChI=1S/C16H15ClN2O3/c1-2-22-14-8-5-12(15(20)9-14)10-18-19-16(21)11-3-6-13(17)7-4-11/h3-10,20H,2H2,1H3,(H,19,21)/b18-10-. The van der Waals surface area contributed by atoms with Gasteiger partial charge < -0.3 is 9.84 Å². The molecule has 2 aromatic carbocycles. The second-order valence-electron chi connectivity index (χ2n) is 4.36. The van der Waals surface area contributed by atoms with Crippen LogP contribution in [0, 0.1) is 0 Å². The van der Waals surface area contributed by atoms with E-state index in [0.29, 0.717) is 28.5 Å². The first-order valence-electron chi connectivity index (χ1n) is 6.65. The summed E-state index contributed by atoms with van der Waals surface area (Å²) in [4.78, 5) is 11.8. The van der Waals surface area contributed by atoms with Crippen molar-refractivity contribution in [2.45, 2.75) is 6.92 Å². The van der Waals surface area contributed by atoms with E-state index in [-0.39, 0.29) is 11.7 Å². The van der Waals surface area contributed by atoms with Gasteiger partial charge >= 0.3 is 0 Å². The van der Waals surface area contributed by atoms with Crippen LogP contribution in [0.2, 0.25) is 5.02 Å². The Hall–Kier alpha value is -2.53. The van der Waals surface area contributed by atoms with Crippen molar-refractivity contribution in [3.05, 3.63) is 58.6 Å². The minimum absolute atomic E-state index is 0.0236. The number of carbonyl (C=O) groups is 1. The lowest BCUT2D eigenvalue weighted by Gasteiger charge is -2.05. The predicted molar refractivity (Wildman–Crippen MR) is 85.8 cm³/mol. The fourth-order valence-electron chi connectivity index (χ4n) is 1.72. The molecular weight excluding hydrogens is 304 g/mol. The summed E-state index contributed by atoms with van der Waals surface area (Å²) in [6.45, 7) is 2.38. The zero-order valence-electron chi connectivity index (χ0n) is 11.9. The Morgan fingerprint density at radius 1 is 1.32 bits per heavy atom. The summed E-state index contributed by atoms with van der Waals surface area (Å²) < 4.78 is 5.27. The number of nitrogens with zero attached hydrogens (tertiary/aromatic N) is 1. The van der Waals surface area contributed by atoms with Crippen molar-refractivity contribution in [3.63, 3.8) is 0 Å². The van der Waals surface area contributed by atoms with Crippen molar-refractivity contribution in [1.29, 1.82) is 0 Å². The highest BCUT2D eigenvalue weighted by atomic mass is 35.5. The fourth-order valence-corrected chi connectivity index (χ4v) is 1.84. The number of hydrogen-bond acceptors (Lipinski definition) is 4. The average molecular weight is 319 g/mol. The van der Waals surface area contributed by atoms with Crippen LogP contribution in [0.5, 0.6) is 11.5 Å². The summed E-state index contributed by atoms with van der Waals surface area (Å²) in [5.74, 6) is 0.233. The largest absolute Gasteiger partial charge is 0.507 e. The van der Waals surface area contributed by atoms with Gasteiger partial charge in [-0.1, -0.05) is 11.6 Å². The number of rotatable bonds is 5. The van der Waals surface area contributed by atoms with Gasteiger partial charge in [0.1, 0.15) is 11.5 Å². The van der Waals surface area contributed by atoms with E-state index in [0.717, 1.165) is 0 Å². The van der Waals surface area contributed by atoms with Crippen molar-refractivity contribution < 1.29 is 14.6 Å². The highest BCUT2D eigenvalue weighted by Crippen LogP contribution is 2.22. The van der Waals surface area contributed by atoms with Crippen molar-refractivity contribution in [2.75, 3.05) is 6.61 Å². The lowest BCUT2D eigenvalue weighted by atomic mass is 10.2. The van der Waals surface area contributed by atoms with Crippen LogP contribution in [0.3, 0.4) is 0 Å². The molecule has 0 unspecified atom stereocenters. The van der Waals surface area contributed by atoms with E-state index in [1.54, 1.807) is 36.4 Å². The van der Waals surface area contributed by atoms with Gasteiger partial charge in [0.2, 0.25) is 0 Å². The van der Waals surface area contributed by atoms with Crippen LogP contribution in [0.15, 0.2) is 47.6 Å². The molecule has 6 heteroatoms. The molecule has 0 spiro atoms. The normalized spacial score (nSPS) is 10.6.